The molecule has 0 aliphatic heterocycles. The van der Waals surface area contributed by atoms with Crippen LogP contribution in [0, 0.1) is 10.1 Å². The van der Waals surface area contributed by atoms with Crippen molar-refractivity contribution < 1.29 is 19.2 Å². The van der Waals surface area contributed by atoms with Gasteiger partial charge in [0.15, 0.2) is 11.7 Å². The highest BCUT2D eigenvalue weighted by atomic mass is 79.9. The lowest BCUT2D eigenvalue weighted by Crippen LogP contribution is -2.49. The van der Waals surface area contributed by atoms with Gasteiger partial charge in [-0.1, -0.05) is 22.0 Å². The fraction of sp³-hybridized carbons (Fsp3) is 0.0625. The van der Waals surface area contributed by atoms with Gasteiger partial charge in [0.1, 0.15) is 5.75 Å². The molecule has 2 amide bonds. The molecule has 0 atom stereocenters. The van der Waals surface area contributed by atoms with E-state index in [-0.39, 0.29) is 23.0 Å². The summed E-state index contributed by atoms with van der Waals surface area (Å²) in [5.41, 5.74) is 4.41. The van der Waals surface area contributed by atoms with Crippen molar-refractivity contribution >= 4 is 50.8 Å². The second-order valence-electron chi connectivity index (χ2n) is 5.01. The molecule has 2 aromatic rings. The number of nitrogens with zero attached hydrogens (tertiary/aromatic N) is 1. The first kappa shape index (κ1) is 20.3. The molecule has 0 aliphatic carbocycles. The predicted octanol–water partition coefficient (Wildman–Crippen LogP) is 2.07. The van der Waals surface area contributed by atoms with Crippen LogP contribution in [0.15, 0.2) is 53.0 Å². The van der Waals surface area contributed by atoms with Crippen molar-refractivity contribution in [2.24, 2.45) is 0 Å². The second-order valence-corrected chi connectivity index (χ2v) is 6.33. The van der Waals surface area contributed by atoms with Crippen LogP contribution in [0.5, 0.6) is 5.75 Å². The monoisotopic (exact) mass is 452 g/mol. The predicted molar refractivity (Wildman–Crippen MR) is 104 cm³/mol. The average Bonchev–Trinajstić information content (AvgIpc) is 2.65. The number of nitro groups is 1. The Hall–Kier alpha value is -3.05. The van der Waals surface area contributed by atoms with Gasteiger partial charge in [0.05, 0.1) is 4.92 Å². The van der Waals surface area contributed by atoms with E-state index >= 15 is 0 Å². The third-order valence-electron chi connectivity index (χ3n) is 3.05. The zero-order chi connectivity index (χ0) is 19.8. The van der Waals surface area contributed by atoms with Gasteiger partial charge in [-0.3, -0.25) is 35.9 Å². The van der Waals surface area contributed by atoms with Gasteiger partial charge in [-0.15, -0.1) is 0 Å². The summed E-state index contributed by atoms with van der Waals surface area (Å²) in [5, 5.41) is 12.9. The smallest absolute Gasteiger partial charge is 0.270 e. The SMILES string of the molecule is O=C(COc1ccc(Br)cc1)NC(=S)NNC(=O)c1cccc([N+](=O)[O-])c1. The maximum absolute atomic E-state index is 12.0. The number of nitro benzene ring substituents is 1. The van der Waals surface area contributed by atoms with Crippen molar-refractivity contribution in [1.29, 1.82) is 0 Å². The summed E-state index contributed by atoms with van der Waals surface area (Å²) in [5.74, 6) is -0.673. The van der Waals surface area contributed by atoms with E-state index in [0.717, 1.165) is 10.5 Å². The highest BCUT2D eigenvalue weighted by Gasteiger charge is 2.12. The molecule has 27 heavy (non-hydrogen) atoms. The fourth-order valence-electron chi connectivity index (χ4n) is 1.82. The van der Waals surface area contributed by atoms with Crippen LogP contribution in [-0.2, 0) is 4.79 Å². The zero-order valence-electron chi connectivity index (χ0n) is 13.6. The minimum absolute atomic E-state index is 0.0596. The Morgan fingerprint density at radius 2 is 1.85 bits per heavy atom. The number of hydrogen-bond donors (Lipinski definition) is 3. The maximum Gasteiger partial charge on any atom is 0.270 e. The van der Waals surface area contributed by atoms with E-state index in [0.29, 0.717) is 5.75 Å². The van der Waals surface area contributed by atoms with Gasteiger partial charge < -0.3 is 4.74 Å². The van der Waals surface area contributed by atoms with Crippen molar-refractivity contribution in [2.75, 3.05) is 6.61 Å². The Morgan fingerprint density at radius 1 is 1.15 bits per heavy atom. The number of amides is 2. The molecule has 0 bridgehead atoms. The topological polar surface area (TPSA) is 123 Å². The molecule has 2 aromatic carbocycles. The summed E-state index contributed by atoms with van der Waals surface area (Å²) in [4.78, 5) is 33.8. The molecule has 0 aromatic heterocycles. The van der Waals surface area contributed by atoms with E-state index in [9.17, 15) is 19.7 Å². The maximum atomic E-state index is 12.0. The minimum atomic E-state index is -0.651. The number of halogens is 1. The van der Waals surface area contributed by atoms with E-state index in [1.807, 2.05) is 0 Å². The lowest BCUT2D eigenvalue weighted by atomic mass is 10.2. The number of carbonyl (C=O) groups is 2. The summed E-state index contributed by atoms with van der Waals surface area (Å²) in [7, 11) is 0. The Kier molecular flexibility index (Phi) is 7.20. The van der Waals surface area contributed by atoms with Gasteiger partial charge >= 0.3 is 0 Å². The van der Waals surface area contributed by atoms with Crippen molar-refractivity contribution in [3.8, 4) is 5.75 Å². The third kappa shape index (κ3) is 6.64. The normalized spacial score (nSPS) is 9.81. The fourth-order valence-corrected chi connectivity index (χ4v) is 2.25. The number of benzene rings is 2. The van der Waals surface area contributed by atoms with Crippen LogP contribution in [0.3, 0.4) is 0 Å². The molecule has 0 radical (unpaired) electrons. The largest absolute Gasteiger partial charge is 0.484 e. The van der Waals surface area contributed by atoms with E-state index in [1.165, 1.54) is 18.2 Å². The van der Waals surface area contributed by atoms with Crippen molar-refractivity contribution in [1.82, 2.24) is 16.2 Å². The van der Waals surface area contributed by atoms with Crippen LogP contribution in [0.4, 0.5) is 5.69 Å². The average molecular weight is 453 g/mol. The van der Waals surface area contributed by atoms with Crippen molar-refractivity contribution in [2.45, 2.75) is 0 Å². The molecule has 3 N–H and O–H groups in total. The summed E-state index contributed by atoms with van der Waals surface area (Å²) in [6.07, 6.45) is 0. The highest BCUT2D eigenvalue weighted by molar-refractivity contribution is 9.10. The molecule has 0 fully saturated rings. The highest BCUT2D eigenvalue weighted by Crippen LogP contribution is 2.15. The van der Waals surface area contributed by atoms with Crippen LogP contribution in [0.25, 0.3) is 0 Å². The molecular weight excluding hydrogens is 440 g/mol. The first-order valence-electron chi connectivity index (χ1n) is 7.38. The Bertz CT molecular complexity index is 875. The quantitative estimate of drug-likeness (QED) is 0.360. The minimum Gasteiger partial charge on any atom is -0.484 e. The van der Waals surface area contributed by atoms with Gasteiger partial charge in [-0.25, -0.2) is 0 Å². The summed E-state index contributed by atoms with van der Waals surface area (Å²) >= 11 is 8.17. The van der Waals surface area contributed by atoms with Crippen LogP contribution in [-0.4, -0.2) is 28.5 Å². The van der Waals surface area contributed by atoms with Gasteiger partial charge in [0, 0.05) is 22.2 Å². The Labute approximate surface area is 167 Å². The number of non-ortho nitro benzene ring substituents is 1. The molecule has 140 valence electrons. The second kappa shape index (κ2) is 9.59. The number of hydrogen-bond acceptors (Lipinski definition) is 6. The Morgan fingerprint density at radius 3 is 2.52 bits per heavy atom. The van der Waals surface area contributed by atoms with E-state index < -0.39 is 16.7 Å². The van der Waals surface area contributed by atoms with E-state index in [1.54, 1.807) is 24.3 Å². The molecular formula is C16H13BrN4O5S. The molecule has 0 aliphatic rings. The van der Waals surface area contributed by atoms with Crippen LogP contribution in [0.2, 0.25) is 0 Å². The number of hydrazine groups is 1. The van der Waals surface area contributed by atoms with Gasteiger partial charge in [0.2, 0.25) is 0 Å². The van der Waals surface area contributed by atoms with Crippen LogP contribution >= 0.6 is 28.1 Å². The number of nitrogens with one attached hydrogen (secondary N) is 3. The molecule has 0 saturated carbocycles. The van der Waals surface area contributed by atoms with Crippen molar-refractivity contribution in [3.05, 3.63) is 68.7 Å². The Balaban J connectivity index is 1.77. The first-order valence-corrected chi connectivity index (χ1v) is 8.58. The number of carbonyl (C=O) groups excluding carboxylic acids is 2. The number of rotatable bonds is 5. The van der Waals surface area contributed by atoms with Gasteiger partial charge in [-0.2, -0.15) is 0 Å². The van der Waals surface area contributed by atoms with E-state index in [2.05, 4.69) is 32.1 Å². The molecule has 0 spiro atoms. The molecule has 0 unspecified atom stereocenters. The number of thiocarbonyl (C=S) groups is 1. The third-order valence-corrected chi connectivity index (χ3v) is 3.78. The lowest BCUT2D eigenvalue weighted by molar-refractivity contribution is -0.384. The van der Waals surface area contributed by atoms with E-state index in [4.69, 9.17) is 17.0 Å². The van der Waals surface area contributed by atoms with Gasteiger partial charge in [0.25, 0.3) is 17.5 Å². The van der Waals surface area contributed by atoms with Crippen molar-refractivity contribution in [3.63, 3.8) is 0 Å². The summed E-state index contributed by atoms with van der Waals surface area (Å²) in [6.45, 7) is -0.276. The lowest BCUT2D eigenvalue weighted by Gasteiger charge is -2.11. The molecule has 0 saturated heterocycles. The number of ether oxygens (including phenoxy) is 1. The van der Waals surface area contributed by atoms with Crippen LogP contribution < -0.4 is 20.9 Å². The first-order chi connectivity index (χ1) is 12.8. The van der Waals surface area contributed by atoms with Gasteiger partial charge in [-0.05, 0) is 42.5 Å². The standard InChI is InChI=1S/C16H13BrN4O5S/c17-11-4-6-13(7-5-11)26-9-14(22)18-16(27)20-19-15(23)10-2-1-3-12(8-10)21(24)25/h1-8H,9H2,(H,19,23)(H2,18,20,22,27). The summed E-state index contributed by atoms with van der Waals surface area (Å²) < 4.78 is 6.16. The zero-order valence-corrected chi connectivity index (χ0v) is 16.0. The molecule has 11 heteroatoms. The molecule has 0 heterocycles. The molecule has 9 nitrogen and oxygen atoms in total. The van der Waals surface area contributed by atoms with Crippen LogP contribution in [0.1, 0.15) is 10.4 Å². The summed E-state index contributed by atoms with van der Waals surface area (Å²) in [6, 6.07) is 12.1. The molecule has 2 rings (SSSR count).